The lowest BCUT2D eigenvalue weighted by atomic mass is 10.1. The van der Waals surface area contributed by atoms with Crippen LogP contribution in [0.15, 0.2) is 58.5 Å². The van der Waals surface area contributed by atoms with Crippen LogP contribution in [0.5, 0.6) is 0 Å². The molecule has 3 aromatic rings. The predicted molar refractivity (Wildman–Crippen MR) is 98.7 cm³/mol. The Morgan fingerprint density at radius 2 is 1.78 bits per heavy atom. The Morgan fingerprint density at radius 3 is 2.65 bits per heavy atom. The molecule has 1 aromatic heterocycles. The van der Waals surface area contributed by atoms with E-state index in [0.717, 1.165) is 26.2 Å². The summed E-state index contributed by atoms with van der Waals surface area (Å²) in [6.45, 7) is 6.45. The lowest BCUT2D eigenvalue weighted by Crippen LogP contribution is -2.43. The summed E-state index contributed by atoms with van der Waals surface area (Å²) in [5.74, 6) is 0. The summed E-state index contributed by atoms with van der Waals surface area (Å²) in [5.41, 5.74) is 3.89. The number of fused-ring (bicyclic) bond motifs is 1. The molecule has 1 saturated heterocycles. The number of aromatic amines is 1. The highest BCUT2D eigenvalue weighted by Gasteiger charge is 2.16. The fourth-order valence-electron chi connectivity index (χ4n) is 3.24. The number of hydrogen-bond donors (Lipinski definition) is 2. The van der Waals surface area contributed by atoms with Gasteiger partial charge in [0.2, 0.25) is 0 Å². The second-order valence-corrected chi connectivity index (χ2v) is 7.04. The smallest absolute Gasteiger partial charge is 0.0508 e. The van der Waals surface area contributed by atoms with Gasteiger partial charge in [-0.1, -0.05) is 36.0 Å². The van der Waals surface area contributed by atoms with Gasteiger partial charge in [0.05, 0.1) is 5.69 Å². The zero-order chi connectivity index (χ0) is 15.6. The average Bonchev–Trinajstić information content (AvgIpc) is 3.01. The molecule has 0 saturated carbocycles. The summed E-state index contributed by atoms with van der Waals surface area (Å²) in [4.78, 5) is 8.53. The second-order valence-electron chi connectivity index (χ2n) is 5.96. The Balaban J connectivity index is 1.71. The molecule has 0 radical (unpaired) electrons. The number of benzene rings is 2. The van der Waals surface area contributed by atoms with Gasteiger partial charge in [-0.2, -0.15) is 0 Å². The first-order valence-electron chi connectivity index (χ1n) is 8.12. The van der Waals surface area contributed by atoms with Crippen molar-refractivity contribution < 1.29 is 0 Å². The van der Waals surface area contributed by atoms with E-state index in [4.69, 9.17) is 0 Å². The van der Waals surface area contributed by atoms with Crippen LogP contribution in [0.3, 0.4) is 0 Å². The van der Waals surface area contributed by atoms with Crippen molar-refractivity contribution in [1.29, 1.82) is 0 Å². The number of aromatic nitrogens is 1. The molecule has 2 aromatic carbocycles. The van der Waals surface area contributed by atoms with Crippen molar-refractivity contribution in [2.24, 2.45) is 0 Å². The number of para-hydroxylation sites is 1. The minimum atomic E-state index is 1.06. The number of nitrogens with one attached hydrogen (secondary N) is 2. The molecule has 0 atom stereocenters. The van der Waals surface area contributed by atoms with E-state index < -0.39 is 0 Å². The third-order valence-corrected chi connectivity index (χ3v) is 5.53. The quantitative estimate of drug-likeness (QED) is 0.763. The Labute approximate surface area is 141 Å². The zero-order valence-electron chi connectivity index (χ0n) is 13.3. The molecule has 1 fully saturated rings. The SMILES string of the molecule is Cc1cccc2[nH]cc(Sc3ccccc3N3CCNCC3)c12. The summed E-state index contributed by atoms with van der Waals surface area (Å²) >= 11 is 1.86. The molecule has 2 heterocycles. The summed E-state index contributed by atoms with van der Waals surface area (Å²) < 4.78 is 0. The van der Waals surface area contributed by atoms with E-state index in [1.54, 1.807) is 0 Å². The highest BCUT2D eigenvalue weighted by atomic mass is 32.2. The predicted octanol–water partition coefficient (Wildman–Crippen LogP) is 4.04. The number of hydrogen-bond acceptors (Lipinski definition) is 3. The van der Waals surface area contributed by atoms with Crippen molar-refractivity contribution >= 4 is 28.4 Å². The van der Waals surface area contributed by atoms with Gasteiger partial charge in [-0.3, -0.25) is 0 Å². The van der Waals surface area contributed by atoms with Crippen LogP contribution in [-0.4, -0.2) is 31.2 Å². The normalized spacial score (nSPS) is 15.3. The van der Waals surface area contributed by atoms with Crippen LogP contribution >= 0.6 is 11.8 Å². The molecule has 2 N–H and O–H groups in total. The molecule has 1 aliphatic rings. The lowest BCUT2D eigenvalue weighted by molar-refractivity contribution is 0.587. The van der Waals surface area contributed by atoms with Gasteiger partial charge in [0.1, 0.15) is 0 Å². The van der Waals surface area contributed by atoms with Crippen molar-refractivity contribution in [3.8, 4) is 0 Å². The molecule has 0 bridgehead atoms. The Morgan fingerprint density at radius 1 is 0.957 bits per heavy atom. The molecule has 23 heavy (non-hydrogen) atoms. The van der Waals surface area contributed by atoms with Crippen LogP contribution in [0.25, 0.3) is 10.9 Å². The topological polar surface area (TPSA) is 31.1 Å². The molecule has 118 valence electrons. The first kappa shape index (κ1) is 14.7. The maximum absolute atomic E-state index is 3.43. The van der Waals surface area contributed by atoms with E-state index >= 15 is 0 Å². The van der Waals surface area contributed by atoms with Gasteiger partial charge in [-0.15, -0.1) is 0 Å². The lowest BCUT2D eigenvalue weighted by Gasteiger charge is -2.30. The monoisotopic (exact) mass is 323 g/mol. The van der Waals surface area contributed by atoms with Crippen LogP contribution in [0.2, 0.25) is 0 Å². The molecule has 4 heteroatoms. The van der Waals surface area contributed by atoms with Gasteiger partial charge < -0.3 is 15.2 Å². The Hall–Kier alpha value is -1.91. The van der Waals surface area contributed by atoms with E-state index in [1.165, 1.54) is 31.9 Å². The summed E-state index contributed by atoms with van der Waals surface area (Å²) in [6, 6.07) is 15.2. The van der Waals surface area contributed by atoms with Gasteiger partial charge >= 0.3 is 0 Å². The third-order valence-electron chi connectivity index (χ3n) is 4.42. The Kier molecular flexibility index (Phi) is 4.02. The molecular weight excluding hydrogens is 302 g/mol. The highest BCUT2D eigenvalue weighted by Crippen LogP contribution is 2.39. The van der Waals surface area contributed by atoms with E-state index in [9.17, 15) is 0 Å². The molecule has 3 nitrogen and oxygen atoms in total. The minimum absolute atomic E-state index is 1.06. The first-order valence-corrected chi connectivity index (χ1v) is 8.94. The van der Waals surface area contributed by atoms with E-state index in [-0.39, 0.29) is 0 Å². The zero-order valence-corrected chi connectivity index (χ0v) is 14.1. The number of anilines is 1. The Bertz CT molecular complexity index is 818. The van der Waals surface area contributed by atoms with Gasteiger partial charge in [0.15, 0.2) is 0 Å². The molecule has 4 rings (SSSR count). The average molecular weight is 323 g/mol. The molecule has 0 aliphatic carbocycles. The van der Waals surface area contributed by atoms with Gasteiger partial charge in [0.25, 0.3) is 0 Å². The minimum Gasteiger partial charge on any atom is -0.368 e. The first-order chi connectivity index (χ1) is 11.3. The number of aryl methyl sites for hydroxylation is 1. The van der Waals surface area contributed by atoms with Gasteiger partial charge in [-0.05, 0) is 30.7 Å². The van der Waals surface area contributed by atoms with Gasteiger partial charge in [0, 0.05) is 53.1 Å². The number of rotatable bonds is 3. The van der Waals surface area contributed by atoms with E-state index in [1.807, 2.05) is 11.8 Å². The van der Waals surface area contributed by atoms with Crippen LogP contribution < -0.4 is 10.2 Å². The fraction of sp³-hybridized carbons (Fsp3) is 0.263. The molecule has 1 aliphatic heterocycles. The van der Waals surface area contributed by atoms with Crippen LogP contribution in [-0.2, 0) is 0 Å². The molecular formula is C19H21N3S. The molecule has 0 spiro atoms. The maximum Gasteiger partial charge on any atom is 0.0508 e. The van der Waals surface area contributed by atoms with Crippen molar-refractivity contribution in [2.75, 3.05) is 31.1 Å². The highest BCUT2D eigenvalue weighted by molar-refractivity contribution is 7.99. The second kappa shape index (κ2) is 6.30. The standard InChI is InChI=1S/C19H21N3S/c1-14-5-4-6-15-19(14)18(13-21-15)23-17-8-3-2-7-16(17)22-11-9-20-10-12-22/h2-8,13,20-21H,9-12H2,1H3. The third kappa shape index (κ3) is 2.84. The fourth-order valence-corrected chi connectivity index (χ4v) is 4.42. The van der Waals surface area contributed by atoms with Crippen LogP contribution in [0.4, 0.5) is 5.69 Å². The van der Waals surface area contributed by atoms with E-state index in [0.29, 0.717) is 0 Å². The molecule has 0 unspecified atom stereocenters. The number of H-pyrrole nitrogens is 1. The summed E-state index contributed by atoms with van der Waals surface area (Å²) in [6.07, 6.45) is 2.14. The van der Waals surface area contributed by atoms with Crippen LogP contribution in [0, 0.1) is 6.92 Å². The molecule has 0 amide bonds. The van der Waals surface area contributed by atoms with E-state index in [2.05, 4.69) is 70.8 Å². The van der Waals surface area contributed by atoms with Crippen molar-refractivity contribution in [1.82, 2.24) is 10.3 Å². The largest absolute Gasteiger partial charge is 0.368 e. The number of nitrogens with zero attached hydrogens (tertiary/aromatic N) is 1. The maximum atomic E-state index is 3.43. The summed E-state index contributed by atoms with van der Waals surface area (Å²) in [7, 11) is 0. The van der Waals surface area contributed by atoms with Crippen molar-refractivity contribution in [3.63, 3.8) is 0 Å². The number of piperazine rings is 1. The van der Waals surface area contributed by atoms with Gasteiger partial charge in [-0.25, -0.2) is 0 Å². The summed E-state index contributed by atoms with van der Waals surface area (Å²) in [5, 5.41) is 4.77. The van der Waals surface area contributed by atoms with Crippen molar-refractivity contribution in [3.05, 3.63) is 54.2 Å². The van der Waals surface area contributed by atoms with Crippen LogP contribution in [0.1, 0.15) is 5.56 Å². The van der Waals surface area contributed by atoms with Crippen molar-refractivity contribution in [2.45, 2.75) is 16.7 Å².